The van der Waals surface area contributed by atoms with Crippen LogP contribution in [0.4, 0.5) is 4.39 Å². The van der Waals surface area contributed by atoms with Gasteiger partial charge in [-0.1, -0.05) is 0 Å². The minimum atomic E-state index is -0.391. The number of Topliss-reactive ketones (excluding diaryl/α,β-unsaturated/α-hetero) is 1. The monoisotopic (exact) mass is 401 g/mol. The number of likely N-dealkylation sites (tertiary alicyclic amines) is 1. The molecule has 1 saturated heterocycles. The van der Waals surface area contributed by atoms with Crippen LogP contribution in [0.25, 0.3) is 10.9 Å². The van der Waals surface area contributed by atoms with Crippen LogP contribution in [0.15, 0.2) is 44.6 Å². The molecule has 6 nitrogen and oxygen atoms in total. The van der Waals surface area contributed by atoms with E-state index in [0.29, 0.717) is 42.4 Å². The van der Waals surface area contributed by atoms with Gasteiger partial charge in [0.1, 0.15) is 5.82 Å². The number of nitrogens with one attached hydrogen (secondary N) is 1. The first kappa shape index (κ1) is 18.8. The zero-order chi connectivity index (χ0) is 19.7. The molecule has 0 amide bonds. The first-order valence-corrected chi connectivity index (χ1v) is 10.2. The van der Waals surface area contributed by atoms with E-state index in [9.17, 15) is 18.8 Å². The number of aromatic amines is 1. The molecule has 3 heterocycles. The summed E-state index contributed by atoms with van der Waals surface area (Å²) in [5, 5.41) is 4.04. The molecule has 0 radical (unpaired) electrons. The zero-order valence-corrected chi connectivity index (χ0v) is 16.0. The number of thiophene rings is 1. The Morgan fingerprint density at radius 1 is 1.11 bits per heavy atom. The van der Waals surface area contributed by atoms with Crippen LogP contribution in [-0.4, -0.2) is 39.9 Å². The van der Waals surface area contributed by atoms with E-state index in [-0.39, 0.29) is 23.1 Å². The molecule has 3 aromatic rings. The maximum atomic E-state index is 13.0. The van der Waals surface area contributed by atoms with E-state index < -0.39 is 5.69 Å². The van der Waals surface area contributed by atoms with Crippen LogP contribution >= 0.6 is 11.3 Å². The summed E-state index contributed by atoms with van der Waals surface area (Å²) in [6, 6.07) is 5.68. The summed E-state index contributed by atoms with van der Waals surface area (Å²) in [6.07, 6.45) is 1.43. The SMILES string of the molecule is O=C(c1ccc(F)cc1)C1CCN(CCn2c(=O)[nH]c3cscc3c2=O)CC1. The molecule has 146 valence electrons. The van der Waals surface area contributed by atoms with Crippen molar-refractivity contribution in [1.29, 1.82) is 0 Å². The molecule has 1 N–H and O–H groups in total. The van der Waals surface area contributed by atoms with E-state index in [4.69, 9.17) is 0 Å². The Bertz CT molecular complexity index is 1110. The van der Waals surface area contributed by atoms with Crippen LogP contribution in [0.5, 0.6) is 0 Å². The number of piperidine rings is 1. The highest BCUT2D eigenvalue weighted by atomic mass is 32.1. The lowest BCUT2D eigenvalue weighted by Crippen LogP contribution is -2.42. The number of fused-ring (bicyclic) bond motifs is 1. The van der Waals surface area contributed by atoms with Gasteiger partial charge in [-0.15, -0.1) is 11.3 Å². The van der Waals surface area contributed by atoms with Gasteiger partial charge in [-0.05, 0) is 50.2 Å². The van der Waals surface area contributed by atoms with Gasteiger partial charge in [0, 0.05) is 35.3 Å². The Hall–Kier alpha value is -2.58. The van der Waals surface area contributed by atoms with Gasteiger partial charge in [0.15, 0.2) is 5.78 Å². The molecule has 28 heavy (non-hydrogen) atoms. The lowest BCUT2D eigenvalue weighted by Gasteiger charge is -2.31. The molecule has 0 saturated carbocycles. The quantitative estimate of drug-likeness (QED) is 0.667. The largest absolute Gasteiger partial charge is 0.328 e. The second kappa shape index (κ2) is 7.81. The molecule has 0 unspecified atom stereocenters. The number of carbonyl (C=O) groups excluding carboxylic acids is 1. The van der Waals surface area contributed by atoms with Gasteiger partial charge in [-0.2, -0.15) is 0 Å². The van der Waals surface area contributed by atoms with Crippen molar-refractivity contribution in [2.45, 2.75) is 19.4 Å². The molecule has 4 rings (SSSR count). The van der Waals surface area contributed by atoms with Crippen molar-refractivity contribution in [1.82, 2.24) is 14.5 Å². The van der Waals surface area contributed by atoms with Crippen molar-refractivity contribution in [2.75, 3.05) is 19.6 Å². The smallest absolute Gasteiger partial charge is 0.306 e. The Kier molecular flexibility index (Phi) is 5.23. The number of halogens is 1. The van der Waals surface area contributed by atoms with Crippen molar-refractivity contribution in [3.8, 4) is 0 Å². The van der Waals surface area contributed by atoms with E-state index in [1.807, 2.05) is 0 Å². The number of benzene rings is 1. The molecule has 0 aliphatic carbocycles. The minimum absolute atomic E-state index is 0.0511. The lowest BCUT2D eigenvalue weighted by atomic mass is 9.89. The zero-order valence-electron chi connectivity index (χ0n) is 15.2. The normalized spacial score (nSPS) is 15.9. The summed E-state index contributed by atoms with van der Waals surface area (Å²) in [6.45, 7) is 2.35. The van der Waals surface area contributed by atoms with Gasteiger partial charge in [0.2, 0.25) is 0 Å². The fourth-order valence-electron chi connectivity index (χ4n) is 3.69. The van der Waals surface area contributed by atoms with Crippen LogP contribution in [-0.2, 0) is 6.54 Å². The second-order valence-corrected chi connectivity index (χ2v) is 7.82. The predicted octanol–water partition coefficient (Wildman–Crippen LogP) is 2.49. The summed E-state index contributed by atoms with van der Waals surface area (Å²) in [5.74, 6) is -0.373. The van der Waals surface area contributed by atoms with Crippen LogP contribution in [0.2, 0.25) is 0 Å². The summed E-state index contributed by atoms with van der Waals surface area (Å²) < 4.78 is 14.3. The third-order valence-electron chi connectivity index (χ3n) is 5.35. The number of ketones is 1. The maximum Gasteiger partial charge on any atom is 0.328 e. The van der Waals surface area contributed by atoms with Gasteiger partial charge in [-0.3, -0.25) is 14.2 Å². The fourth-order valence-corrected chi connectivity index (χ4v) is 4.45. The molecule has 8 heteroatoms. The first-order chi connectivity index (χ1) is 13.5. The fraction of sp³-hybridized carbons (Fsp3) is 0.350. The summed E-state index contributed by atoms with van der Waals surface area (Å²) in [5.41, 5.74) is 0.469. The van der Waals surface area contributed by atoms with E-state index >= 15 is 0 Å². The van der Waals surface area contributed by atoms with Crippen molar-refractivity contribution in [3.05, 3.63) is 67.2 Å². The van der Waals surface area contributed by atoms with E-state index in [2.05, 4.69) is 9.88 Å². The van der Waals surface area contributed by atoms with Crippen LogP contribution < -0.4 is 11.2 Å². The first-order valence-electron chi connectivity index (χ1n) is 9.24. The van der Waals surface area contributed by atoms with Gasteiger partial charge in [0.05, 0.1) is 10.9 Å². The average Bonchev–Trinajstić information content (AvgIpc) is 3.17. The average molecular weight is 401 g/mol. The molecular weight excluding hydrogens is 381 g/mol. The lowest BCUT2D eigenvalue weighted by molar-refractivity contribution is 0.0837. The summed E-state index contributed by atoms with van der Waals surface area (Å²) >= 11 is 1.39. The minimum Gasteiger partial charge on any atom is -0.306 e. The topological polar surface area (TPSA) is 75.2 Å². The molecule has 0 bridgehead atoms. The molecule has 1 fully saturated rings. The third-order valence-corrected chi connectivity index (χ3v) is 6.09. The van der Waals surface area contributed by atoms with Gasteiger partial charge in [0.25, 0.3) is 5.56 Å². The number of rotatable bonds is 5. The number of aromatic nitrogens is 2. The molecular formula is C20H20FN3O3S. The van der Waals surface area contributed by atoms with Crippen molar-refractivity contribution in [2.24, 2.45) is 5.92 Å². The Balaban J connectivity index is 1.36. The number of hydrogen-bond acceptors (Lipinski definition) is 5. The number of carbonyl (C=O) groups is 1. The highest BCUT2D eigenvalue weighted by molar-refractivity contribution is 7.09. The Labute approximate surface area is 164 Å². The Morgan fingerprint density at radius 3 is 2.54 bits per heavy atom. The van der Waals surface area contributed by atoms with E-state index in [1.54, 1.807) is 10.8 Å². The summed E-state index contributed by atoms with van der Waals surface area (Å²) in [4.78, 5) is 42.1. The summed E-state index contributed by atoms with van der Waals surface area (Å²) in [7, 11) is 0. The third kappa shape index (κ3) is 3.70. The van der Waals surface area contributed by atoms with Gasteiger partial charge in [-0.25, -0.2) is 9.18 Å². The number of hydrogen-bond donors (Lipinski definition) is 1. The van der Waals surface area contributed by atoms with Crippen molar-refractivity contribution < 1.29 is 9.18 Å². The Morgan fingerprint density at radius 2 is 1.82 bits per heavy atom. The number of nitrogens with zero attached hydrogens (tertiary/aromatic N) is 2. The van der Waals surface area contributed by atoms with Crippen LogP contribution in [0.1, 0.15) is 23.2 Å². The van der Waals surface area contributed by atoms with Crippen LogP contribution in [0.3, 0.4) is 0 Å². The molecule has 1 aromatic carbocycles. The van der Waals surface area contributed by atoms with Crippen molar-refractivity contribution >= 4 is 28.0 Å². The maximum absolute atomic E-state index is 13.0. The molecule has 0 atom stereocenters. The van der Waals surface area contributed by atoms with Gasteiger partial charge >= 0.3 is 5.69 Å². The van der Waals surface area contributed by atoms with E-state index in [1.165, 1.54) is 40.2 Å². The van der Waals surface area contributed by atoms with Crippen molar-refractivity contribution in [3.63, 3.8) is 0 Å². The highest BCUT2D eigenvalue weighted by Crippen LogP contribution is 2.22. The molecule has 0 spiro atoms. The number of H-pyrrole nitrogens is 1. The van der Waals surface area contributed by atoms with Gasteiger partial charge < -0.3 is 9.88 Å². The molecule has 1 aliphatic rings. The highest BCUT2D eigenvalue weighted by Gasteiger charge is 2.25. The van der Waals surface area contributed by atoms with Crippen LogP contribution in [0, 0.1) is 11.7 Å². The standard InChI is InChI=1S/C20H20FN3O3S/c21-15-3-1-13(2-4-15)18(25)14-5-7-23(8-6-14)9-10-24-19(26)16-11-28-12-17(16)22-20(24)27/h1-4,11-12,14H,5-10H2,(H,22,27). The predicted molar refractivity (Wildman–Crippen MR) is 107 cm³/mol. The molecule has 2 aromatic heterocycles. The second-order valence-electron chi connectivity index (χ2n) is 7.07. The van der Waals surface area contributed by atoms with E-state index in [0.717, 1.165) is 13.1 Å². The molecule has 1 aliphatic heterocycles.